The van der Waals surface area contributed by atoms with Crippen molar-refractivity contribution in [2.24, 2.45) is 0 Å². The van der Waals surface area contributed by atoms with Gasteiger partial charge in [0.1, 0.15) is 5.82 Å². The summed E-state index contributed by atoms with van der Waals surface area (Å²) < 4.78 is 67.3. The topological polar surface area (TPSA) is 92.3 Å². The minimum absolute atomic E-state index is 0.00257. The number of anilines is 2. The number of hydrogen-bond acceptors (Lipinski definition) is 5. The summed E-state index contributed by atoms with van der Waals surface area (Å²) in [5.74, 6) is -0.402. The molecule has 0 unspecified atom stereocenters. The fraction of sp³-hybridized carbons (Fsp3) is 0.150. The third-order valence-corrected chi connectivity index (χ3v) is 6.24. The van der Waals surface area contributed by atoms with E-state index < -0.39 is 37.6 Å². The van der Waals surface area contributed by atoms with Gasteiger partial charge in [0.15, 0.2) is 5.69 Å². The number of nitrogens with one attached hydrogen (secondary N) is 1. The number of carbonyl (C=O) groups is 1. The number of aromatic nitrogens is 2. The van der Waals surface area contributed by atoms with Gasteiger partial charge in [-0.25, -0.2) is 18.4 Å². The van der Waals surface area contributed by atoms with Crippen molar-refractivity contribution < 1.29 is 26.4 Å². The average molecular weight is 519 g/mol. The van der Waals surface area contributed by atoms with E-state index in [1.165, 1.54) is 11.1 Å². The van der Waals surface area contributed by atoms with Crippen LogP contribution in [0.1, 0.15) is 23.0 Å². The highest BCUT2D eigenvalue weighted by atomic mass is 35.5. The molecule has 0 aliphatic heterocycles. The van der Waals surface area contributed by atoms with Crippen molar-refractivity contribution >= 4 is 50.6 Å². The Labute approximate surface area is 197 Å². The Hall–Kier alpha value is -2.89. The molecule has 0 radical (unpaired) electrons. The molecular formula is C20H15Cl2F3N4O3S. The molecule has 0 aliphatic carbocycles. The summed E-state index contributed by atoms with van der Waals surface area (Å²) in [7, 11) is -4.58. The van der Waals surface area contributed by atoms with Crippen LogP contribution >= 0.6 is 23.2 Å². The smallest absolute Gasteiger partial charge is 0.292 e. The standard InChI is InChI=1S/C20H15Cl2F3N4O3S/c1-2-29(17-5-3-4-8-26-17)19(30)18-16(9-12(21)11-27-18)28-33(31,32)13-6-7-15(22)14(10-13)20(23,24)25/h3-11,28H,2H2,1H3. The normalized spacial score (nSPS) is 11.8. The predicted molar refractivity (Wildman–Crippen MR) is 118 cm³/mol. The quantitative estimate of drug-likeness (QED) is 0.479. The first-order valence-corrected chi connectivity index (χ1v) is 11.5. The van der Waals surface area contributed by atoms with Crippen molar-refractivity contribution in [2.45, 2.75) is 18.0 Å². The van der Waals surface area contributed by atoms with Gasteiger partial charge in [-0.2, -0.15) is 13.2 Å². The second-order valence-electron chi connectivity index (χ2n) is 6.53. The van der Waals surface area contributed by atoms with Crippen LogP contribution in [0.25, 0.3) is 0 Å². The highest BCUT2D eigenvalue weighted by Crippen LogP contribution is 2.36. The first-order chi connectivity index (χ1) is 15.4. The molecule has 3 rings (SSSR count). The number of hydrogen-bond donors (Lipinski definition) is 1. The summed E-state index contributed by atoms with van der Waals surface area (Å²) in [6, 6.07) is 8.15. The first kappa shape index (κ1) is 24.7. The summed E-state index contributed by atoms with van der Waals surface area (Å²) in [5, 5.41) is -0.659. The Kier molecular flexibility index (Phi) is 7.15. The van der Waals surface area contributed by atoms with E-state index in [2.05, 4.69) is 14.7 Å². The Morgan fingerprint density at radius 3 is 2.45 bits per heavy atom. The number of carbonyl (C=O) groups excluding carboxylic acids is 1. The van der Waals surface area contributed by atoms with Crippen LogP contribution in [0.3, 0.4) is 0 Å². The molecule has 2 aromatic heterocycles. The number of halogens is 5. The minimum Gasteiger partial charge on any atom is -0.292 e. The summed E-state index contributed by atoms with van der Waals surface area (Å²) >= 11 is 11.5. The first-order valence-electron chi connectivity index (χ1n) is 9.22. The molecule has 0 aliphatic rings. The zero-order valence-corrected chi connectivity index (χ0v) is 19.1. The van der Waals surface area contributed by atoms with Crippen molar-refractivity contribution in [2.75, 3.05) is 16.2 Å². The maximum absolute atomic E-state index is 13.2. The molecule has 13 heteroatoms. The van der Waals surface area contributed by atoms with Gasteiger partial charge in [0, 0.05) is 18.9 Å². The van der Waals surface area contributed by atoms with Crippen LogP contribution in [-0.4, -0.2) is 30.8 Å². The minimum atomic E-state index is -4.87. The summed E-state index contributed by atoms with van der Waals surface area (Å²) in [4.78, 5) is 21.7. The Balaban J connectivity index is 2.03. The lowest BCUT2D eigenvalue weighted by atomic mass is 10.2. The maximum atomic E-state index is 13.2. The fourth-order valence-corrected chi connectivity index (χ4v) is 4.30. The highest BCUT2D eigenvalue weighted by Gasteiger charge is 2.35. The van der Waals surface area contributed by atoms with Gasteiger partial charge < -0.3 is 0 Å². The monoisotopic (exact) mass is 518 g/mol. The van der Waals surface area contributed by atoms with Crippen LogP contribution < -0.4 is 9.62 Å². The van der Waals surface area contributed by atoms with Crippen molar-refractivity contribution in [1.82, 2.24) is 9.97 Å². The second-order valence-corrected chi connectivity index (χ2v) is 9.06. The zero-order chi connectivity index (χ0) is 24.4. The predicted octanol–water partition coefficient (Wildman–Crippen LogP) is 5.27. The molecule has 33 heavy (non-hydrogen) atoms. The molecule has 7 nitrogen and oxygen atoms in total. The van der Waals surface area contributed by atoms with E-state index in [9.17, 15) is 26.4 Å². The van der Waals surface area contributed by atoms with Gasteiger partial charge in [-0.1, -0.05) is 29.3 Å². The molecule has 0 saturated heterocycles. The lowest BCUT2D eigenvalue weighted by Gasteiger charge is -2.21. The molecule has 1 aromatic carbocycles. The molecule has 0 atom stereocenters. The van der Waals surface area contributed by atoms with Crippen molar-refractivity contribution in [3.05, 3.63) is 76.2 Å². The van der Waals surface area contributed by atoms with Gasteiger partial charge in [-0.3, -0.25) is 14.4 Å². The van der Waals surface area contributed by atoms with E-state index in [0.29, 0.717) is 11.9 Å². The number of alkyl halides is 3. The largest absolute Gasteiger partial charge is 0.417 e. The molecule has 1 N–H and O–H groups in total. The van der Waals surface area contributed by atoms with Gasteiger partial charge in [0.05, 0.1) is 26.2 Å². The van der Waals surface area contributed by atoms with Crippen LogP contribution in [0.4, 0.5) is 24.7 Å². The molecule has 3 aromatic rings. The van der Waals surface area contributed by atoms with E-state index in [0.717, 1.165) is 24.4 Å². The van der Waals surface area contributed by atoms with Crippen LogP contribution in [0.15, 0.2) is 59.8 Å². The summed E-state index contributed by atoms with van der Waals surface area (Å²) in [6.07, 6.45) is -2.25. The molecule has 2 heterocycles. The lowest BCUT2D eigenvalue weighted by molar-refractivity contribution is -0.137. The number of nitrogens with zero attached hydrogens (tertiary/aromatic N) is 3. The van der Waals surface area contributed by atoms with Gasteiger partial charge in [0.2, 0.25) is 0 Å². The van der Waals surface area contributed by atoms with E-state index >= 15 is 0 Å². The maximum Gasteiger partial charge on any atom is 0.417 e. The van der Waals surface area contributed by atoms with Gasteiger partial charge in [-0.15, -0.1) is 0 Å². The Morgan fingerprint density at radius 1 is 1.12 bits per heavy atom. The van der Waals surface area contributed by atoms with E-state index in [-0.39, 0.29) is 22.9 Å². The van der Waals surface area contributed by atoms with E-state index in [1.54, 1.807) is 25.1 Å². The molecule has 0 saturated carbocycles. The highest BCUT2D eigenvalue weighted by molar-refractivity contribution is 7.92. The SMILES string of the molecule is CCN(C(=O)c1ncc(Cl)cc1NS(=O)(=O)c1ccc(Cl)c(C(F)(F)F)c1)c1ccccn1. The van der Waals surface area contributed by atoms with Crippen LogP contribution in [-0.2, 0) is 16.2 Å². The molecule has 1 amide bonds. The average Bonchev–Trinajstić information content (AvgIpc) is 2.74. The molecule has 0 spiro atoms. The molecule has 0 fully saturated rings. The van der Waals surface area contributed by atoms with E-state index in [1.807, 2.05) is 0 Å². The summed E-state index contributed by atoms with van der Waals surface area (Å²) in [6.45, 7) is 1.86. The third kappa shape index (κ3) is 5.55. The molecule has 174 valence electrons. The number of sulfonamides is 1. The molecular weight excluding hydrogens is 504 g/mol. The second kappa shape index (κ2) is 9.54. The summed E-state index contributed by atoms with van der Waals surface area (Å²) in [5.41, 5.74) is -1.95. The molecule has 0 bridgehead atoms. The fourth-order valence-electron chi connectivity index (χ4n) is 2.83. The van der Waals surface area contributed by atoms with E-state index in [4.69, 9.17) is 23.2 Å². The van der Waals surface area contributed by atoms with Gasteiger partial charge in [0.25, 0.3) is 15.9 Å². The Morgan fingerprint density at radius 2 is 1.85 bits per heavy atom. The van der Waals surface area contributed by atoms with Crippen LogP contribution in [0.5, 0.6) is 0 Å². The van der Waals surface area contributed by atoms with Crippen molar-refractivity contribution in [3.63, 3.8) is 0 Å². The van der Waals surface area contributed by atoms with Crippen molar-refractivity contribution in [3.8, 4) is 0 Å². The number of rotatable bonds is 6. The number of benzene rings is 1. The van der Waals surface area contributed by atoms with Crippen LogP contribution in [0, 0.1) is 0 Å². The third-order valence-electron chi connectivity index (χ3n) is 4.34. The van der Waals surface area contributed by atoms with Gasteiger partial charge >= 0.3 is 6.18 Å². The number of pyridine rings is 2. The Bertz CT molecular complexity index is 1290. The van der Waals surface area contributed by atoms with Gasteiger partial charge in [-0.05, 0) is 43.3 Å². The van der Waals surface area contributed by atoms with Crippen molar-refractivity contribution in [1.29, 1.82) is 0 Å². The number of amides is 1. The van der Waals surface area contributed by atoms with Crippen LogP contribution in [0.2, 0.25) is 10.0 Å². The lowest BCUT2D eigenvalue weighted by Crippen LogP contribution is -2.33. The zero-order valence-electron chi connectivity index (χ0n) is 16.8.